The number of hydrogen-bond acceptors (Lipinski definition) is 4. The summed E-state index contributed by atoms with van der Waals surface area (Å²) in [5, 5.41) is 17.6. The van der Waals surface area contributed by atoms with Crippen LogP contribution in [0.2, 0.25) is 0 Å². The van der Waals surface area contributed by atoms with Crippen LogP contribution in [0, 0.1) is 0 Å². The topological polar surface area (TPSA) is 61.7 Å². The second-order valence-corrected chi connectivity index (χ2v) is 2.34. The Labute approximate surface area is 82.5 Å². The number of methoxy groups -OCH3 is 1. The molecule has 1 aromatic rings. The fourth-order valence-corrected chi connectivity index (χ4v) is 0.923. The highest BCUT2D eigenvalue weighted by Gasteiger charge is 2.01. The maximum absolute atomic E-state index is 9.20. The Hall–Kier alpha value is -0.970. The van der Waals surface area contributed by atoms with Crippen LogP contribution in [0.1, 0.15) is 5.56 Å². The summed E-state index contributed by atoms with van der Waals surface area (Å²) < 4.78 is 4.87. The van der Waals surface area contributed by atoms with Gasteiger partial charge in [0.1, 0.15) is 0 Å². The lowest BCUT2D eigenvalue weighted by atomic mass is 10.2. The van der Waals surface area contributed by atoms with Gasteiger partial charge in [-0.2, -0.15) is 0 Å². The van der Waals surface area contributed by atoms with Crippen LogP contribution in [0.25, 0.3) is 0 Å². The van der Waals surface area contributed by atoms with E-state index in [0.29, 0.717) is 12.3 Å². The number of hydrogen-bond donors (Lipinski definition) is 3. The zero-order valence-electron chi connectivity index (χ0n) is 7.15. The van der Waals surface area contributed by atoms with E-state index >= 15 is 0 Å². The molecule has 1 rings (SSSR count). The summed E-state index contributed by atoms with van der Waals surface area (Å²) in [5.41, 5.74) is 2.86. The number of benzene rings is 1. The maximum atomic E-state index is 9.20. The number of rotatable bonds is 3. The number of ether oxygens (including phenoxy) is 1. The standard InChI is InChI=1S/C8H11NO3.ClH/c1-12-8-4-6(5-9-11)2-3-7(8)10;/h2-4,9-11H,5H2,1H3;1H. The average Bonchev–Trinajstić information content (AvgIpc) is 2.09. The predicted octanol–water partition coefficient (Wildman–Crippen LogP) is 1.30. The highest BCUT2D eigenvalue weighted by atomic mass is 35.5. The van der Waals surface area contributed by atoms with Crippen molar-refractivity contribution in [3.63, 3.8) is 0 Å². The number of aromatic hydroxyl groups is 1. The molecule has 0 aromatic heterocycles. The SMILES string of the molecule is COc1cc(CNO)ccc1O.Cl. The molecule has 0 fully saturated rings. The molecule has 0 saturated carbocycles. The van der Waals surface area contributed by atoms with Crippen molar-refractivity contribution in [2.75, 3.05) is 7.11 Å². The molecule has 0 bridgehead atoms. The van der Waals surface area contributed by atoms with Crippen molar-refractivity contribution in [3.05, 3.63) is 23.8 Å². The number of nitrogens with one attached hydrogen (secondary N) is 1. The van der Waals surface area contributed by atoms with Crippen LogP contribution in [0.15, 0.2) is 18.2 Å². The minimum atomic E-state index is 0. The molecule has 0 saturated heterocycles. The lowest BCUT2D eigenvalue weighted by Gasteiger charge is -2.05. The fourth-order valence-electron chi connectivity index (χ4n) is 0.923. The molecular weight excluding hydrogens is 194 g/mol. The van der Waals surface area contributed by atoms with Gasteiger partial charge < -0.3 is 15.1 Å². The van der Waals surface area contributed by atoms with Crippen LogP contribution < -0.4 is 10.2 Å². The van der Waals surface area contributed by atoms with Gasteiger partial charge in [-0.3, -0.25) is 0 Å². The van der Waals surface area contributed by atoms with Crippen LogP contribution in [-0.4, -0.2) is 17.4 Å². The fraction of sp³-hybridized carbons (Fsp3) is 0.250. The van der Waals surface area contributed by atoms with Gasteiger partial charge in [0.25, 0.3) is 0 Å². The Morgan fingerprint density at radius 1 is 1.46 bits per heavy atom. The minimum Gasteiger partial charge on any atom is -0.504 e. The Kier molecular flexibility index (Phi) is 5.22. The van der Waals surface area contributed by atoms with Crippen LogP contribution in [0.3, 0.4) is 0 Å². The van der Waals surface area contributed by atoms with Crippen molar-refractivity contribution in [1.29, 1.82) is 0 Å². The molecular formula is C8H12ClNO3. The van der Waals surface area contributed by atoms with Crippen molar-refractivity contribution in [2.24, 2.45) is 0 Å². The number of halogens is 1. The number of phenolic OH excluding ortho intramolecular Hbond substituents is 1. The zero-order chi connectivity index (χ0) is 8.97. The van der Waals surface area contributed by atoms with Gasteiger partial charge in [-0.15, -0.1) is 12.4 Å². The third-order valence-corrected chi connectivity index (χ3v) is 1.53. The van der Waals surface area contributed by atoms with E-state index in [4.69, 9.17) is 9.94 Å². The van der Waals surface area contributed by atoms with Gasteiger partial charge in [0.2, 0.25) is 0 Å². The van der Waals surface area contributed by atoms with Gasteiger partial charge in [-0.25, -0.2) is 5.48 Å². The molecule has 0 radical (unpaired) electrons. The zero-order valence-corrected chi connectivity index (χ0v) is 7.97. The van der Waals surface area contributed by atoms with Gasteiger partial charge in [-0.1, -0.05) is 6.07 Å². The molecule has 0 atom stereocenters. The van der Waals surface area contributed by atoms with Crippen LogP contribution in [-0.2, 0) is 6.54 Å². The van der Waals surface area contributed by atoms with Crippen LogP contribution >= 0.6 is 12.4 Å². The molecule has 0 amide bonds. The lowest BCUT2D eigenvalue weighted by Crippen LogP contribution is -2.05. The van der Waals surface area contributed by atoms with Crippen molar-refractivity contribution in [1.82, 2.24) is 5.48 Å². The van der Waals surface area contributed by atoms with Crippen molar-refractivity contribution in [2.45, 2.75) is 6.54 Å². The first-order valence-electron chi connectivity index (χ1n) is 3.50. The second-order valence-electron chi connectivity index (χ2n) is 2.34. The van der Waals surface area contributed by atoms with E-state index in [0.717, 1.165) is 5.56 Å². The average molecular weight is 206 g/mol. The Morgan fingerprint density at radius 2 is 2.15 bits per heavy atom. The summed E-state index contributed by atoms with van der Waals surface area (Å²) in [4.78, 5) is 0. The lowest BCUT2D eigenvalue weighted by molar-refractivity contribution is 0.161. The summed E-state index contributed by atoms with van der Waals surface area (Å²) in [5.74, 6) is 0.502. The molecule has 0 aliphatic heterocycles. The molecule has 0 unspecified atom stereocenters. The van der Waals surface area contributed by atoms with Crippen molar-refractivity contribution in [3.8, 4) is 11.5 Å². The molecule has 0 aliphatic rings. The highest BCUT2D eigenvalue weighted by molar-refractivity contribution is 5.85. The molecule has 4 nitrogen and oxygen atoms in total. The molecule has 74 valence electrons. The first-order chi connectivity index (χ1) is 5.77. The number of phenols is 1. The summed E-state index contributed by atoms with van der Waals surface area (Å²) in [6, 6.07) is 4.87. The first kappa shape index (κ1) is 12.0. The maximum Gasteiger partial charge on any atom is 0.160 e. The molecule has 1 aromatic carbocycles. The smallest absolute Gasteiger partial charge is 0.160 e. The minimum absolute atomic E-state index is 0. The van der Waals surface area contributed by atoms with Gasteiger partial charge in [0.05, 0.1) is 7.11 Å². The van der Waals surface area contributed by atoms with E-state index in [1.807, 2.05) is 5.48 Å². The van der Waals surface area contributed by atoms with E-state index in [2.05, 4.69) is 0 Å². The Balaban J connectivity index is 0.00000144. The molecule has 0 heterocycles. The van der Waals surface area contributed by atoms with E-state index < -0.39 is 0 Å². The summed E-state index contributed by atoms with van der Waals surface area (Å²) in [7, 11) is 1.48. The summed E-state index contributed by atoms with van der Waals surface area (Å²) >= 11 is 0. The van der Waals surface area contributed by atoms with Crippen LogP contribution in [0.5, 0.6) is 11.5 Å². The van der Waals surface area contributed by atoms with Gasteiger partial charge in [-0.05, 0) is 17.7 Å². The van der Waals surface area contributed by atoms with Gasteiger partial charge in [0.15, 0.2) is 11.5 Å². The summed E-state index contributed by atoms with van der Waals surface area (Å²) in [6.45, 7) is 0.330. The molecule has 5 heteroatoms. The third kappa shape index (κ3) is 3.10. The van der Waals surface area contributed by atoms with Gasteiger partial charge in [0, 0.05) is 6.54 Å². The molecule has 3 N–H and O–H groups in total. The number of hydroxylamine groups is 1. The van der Waals surface area contributed by atoms with Crippen molar-refractivity contribution >= 4 is 12.4 Å². The second kappa shape index (κ2) is 5.64. The largest absolute Gasteiger partial charge is 0.504 e. The first-order valence-corrected chi connectivity index (χ1v) is 3.50. The Morgan fingerprint density at radius 3 is 2.69 bits per heavy atom. The third-order valence-electron chi connectivity index (χ3n) is 1.53. The summed E-state index contributed by atoms with van der Waals surface area (Å²) in [6.07, 6.45) is 0. The van der Waals surface area contributed by atoms with E-state index in [-0.39, 0.29) is 18.2 Å². The van der Waals surface area contributed by atoms with E-state index in [9.17, 15) is 5.11 Å². The monoisotopic (exact) mass is 205 g/mol. The molecule has 0 spiro atoms. The van der Waals surface area contributed by atoms with Crippen molar-refractivity contribution < 1.29 is 15.1 Å². The predicted molar refractivity (Wildman–Crippen MR) is 50.5 cm³/mol. The molecule has 0 aliphatic carbocycles. The van der Waals surface area contributed by atoms with Crippen LogP contribution in [0.4, 0.5) is 0 Å². The quantitative estimate of drug-likeness (QED) is 0.651. The molecule has 13 heavy (non-hydrogen) atoms. The normalized spacial score (nSPS) is 9.08. The van der Waals surface area contributed by atoms with Gasteiger partial charge >= 0.3 is 0 Å². The van der Waals surface area contributed by atoms with E-state index in [1.165, 1.54) is 13.2 Å². The Bertz CT molecular complexity index is 268. The van der Waals surface area contributed by atoms with E-state index in [1.54, 1.807) is 12.1 Å². The highest BCUT2D eigenvalue weighted by Crippen LogP contribution is 2.25.